The van der Waals surface area contributed by atoms with Crippen molar-refractivity contribution in [2.75, 3.05) is 6.61 Å². The fourth-order valence-corrected chi connectivity index (χ4v) is 4.70. The molecule has 0 spiro atoms. The van der Waals surface area contributed by atoms with Gasteiger partial charge in [0.2, 0.25) is 5.91 Å². The second-order valence-corrected chi connectivity index (χ2v) is 9.50. The van der Waals surface area contributed by atoms with Gasteiger partial charge in [-0.05, 0) is 34.7 Å². The van der Waals surface area contributed by atoms with Gasteiger partial charge >= 0.3 is 12.1 Å². The summed E-state index contributed by atoms with van der Waals surface area (Å²) in [7, 11) is 0. The van der Waals surface area contributed by atoms with Gasteiger partial charge in [-0.1, -0.05) is 78.9 Å². The summed E-state index contributed by atoms with van der Waals surface area (Å²) in [6.45, 7) is 1.48. The van der Waals surface area contributed by atoms with E-state index in [1.807, 2.05) is 59.9 Å². The minimum Gasteiger partial charge on any atom is -0.480 e. The maximum absolute atomic E-state index is 13.7. The Morgan fingerprint density at radius 3 is 2.02 bits per heavy atom. The lowest BCUT2D eigenvalue weighted by Gasteiger charge is -2.24. The number of hydrogen-bond donors (Lipinski definition) is 3. The molecule has 1 aliphatic carbocycles. The van der Waals surface area contributed by atoms with Crippen molar-refractivity contribution in [2.24, 2.45) is 0 Å². The van der Waals surface area contributed by atoms with Crippen LogP contribution in [0.3, 0.4) is 0 Å². The van der Waals surface area contributed by atoms with E-state index in [4.69, 9.17) is 9.47 Å². The molecule has 0 fully saturated rings. The van der Waals surface area contributed by atoms with E-state index >= 15 is 0 Å². The first-order valence-electron chi connectivity index (χ1n) is 12.8. The van der Waals surface area contributed by atoms with Gasteiger partial charge in [-0.2, -0.15) is 0 Å². The fraction of sp³-hybridized carbons (Fsp3) is 0.300. The van der Waals surface area contributed by atoms with Crippen LogP contribution < -0.4 is 10.6 Å². The van der Waals surface area contributed by atoms with Gasteiger partial charge in [-0.15, -0.1) is 0 Å². The average Bonchev–Trinajstić information content (AvgIpc) is 3.27. The molecule has 0 saturated heterocycles. The molecule has 0 aliphatic heterocycles. The van der Waals surface area contributed by atoms with Crippen LogP contribution in [-0.4, -0.2) is 54.3 Å². The molecule has 0 radical (unpaired) electrons. The van der Waals surface area contributed by atoms with Crippen molar-refractivity contribution in [3.63, 3.8) is 0 Å². The van der Waals surface area contributed by atoms with Crippen LogP contribution in [0.15, 0.2) is 78.9 Å². The van der Waals surface area contributed by atoms with Crippen molar-refractivity contribution in [2.45, 2.75) is 50.5 Å². The number of benzene rings is 3. The van der Waals surface area contributed by atoms with Crippen LogP contribution >= 0.6 is 0 Å². The lowest BCUT2D eigenvalue weighted by molar-refractivity contribution is -0.146. The molecule has 3 aromatic rings. The molecule has 0 heterocycles. The van der Waals surface area contributed by atoms with Crippen LogP contribution in [0.1, 0.15) is 36.0 Å². The summed E-state index contributed by atoms with van der Waals surface area (Å²) in [5.41, 5.74) is 4.76. The number of hydrogen-bond acceptors (Lipinski definition) is 5. The van der Waals surface area contributed by atoms with E-state index in [-0.39, 0.29) is 19.1 Å². The lowest BCUT2D eigenvalue weighted by Crippen LogP contribution is -2.51. The van der Waals surface area contributed by atoms with Crippen LogP contribution in [0.5, 0.6) is 0 Å². The second-order valence-electron chi connectivity index (χ2n) is 9.50. The van der Waals surface area contributed by atoms with E-state index in [1.165, 1.54) is 6.92 Å². The summed E-state index contributed by atoms with van der Waals surface area (Å²) in [6, 6.07) is 21.0. The molecule has 0 bridgehead atoms. The average molecular weight is 553 g/mol. The summed E-state index contributed by atoms with van der Waals surface area (Å²) in [4.78, 5) is 36.7. The van der Waals surface area contributed by atoms with Gasteiger partial charge in [0.25, 0.3) is 6.43 Å². The van der Waals surface area contributed by atoms with Gasteiger partial charge in [-0.25, -0.2) is 18.4 Å². The molecule has 1 aliphatic rings. The van der Waals surface area contributed by atoms with E-state index in [2.05, 4.69) is 5.32 Å². The Balaban J connectivity index is 1.31. The Morgan fingerprint density at radius 1 is 0.875 bits per heavy atom. The summed E-state index contributed by atoms with van der Waals surface area (Å²) in [5, 5.41) is 13.8. The quantitative estimate of drug-likeness (QED) is 0.300. The summed E-state index contributed by atoms with van der Waals surface area (Å²) >= 11 is 0. The normalized spacial score (nSPS) is 14.5. The number of carbonyl (C=O) groups excluding carboxylic acids is 2. The largest absolute Gasteiger partial charge is 0.480 e. The molecule has 40 heavy (non-hydrogen) atoms. The first kappa shape index (κ1) is 28.7. The fourth-order valence-electron chi connectivity index (χ4n) is 4.70. The van der Waals surface area contributed by atoms with Crippen LogP contribution in [0.4, 0.5) is 13.6 Å². The van der Waals surface area contributed by atoms with Gasteiger partial charge in [0.15, 0.2) is 6.04 Å². The second kappa shape index (κ2) is 13.2. The number of amides is 2. The summed E-state index contributed by atoms with van der Waals surface area (Å²) < 4.78 is 38.3. The van der Waals surface area contributed by atoms with Crippen molar-refractivity contribution in [1.82, 2.24) is 10.6 Å². The van der Waals surface area contributed by atoms with Crippen LogP contribution in [0, 0.1) is 0 Å². The monoisotopic (exact) mass is 552 g/mol. The standard InChI is InChI=1S/C30H30F2N2O6/c1-18(39-16-19-9-3-2-4-10-19)27(29(36)37)34-26(35)15-25(28(31)32)33-30(38)40-17-24-22-13-7-5-11-20(22)21-12-6-8-14-23(21)24/h2-14,18,24-25,27-28H,15-17H2,1H3,(H,33,38)(H,34,35)(H,36,37). The highest BCUT2D eigenvalue weighted by atomic mass is 19.3. The number of carbonyl (C=O) groups is 3. The summed E-state index contributed by atoms with van der Waals surface area (Å²) in [6.07, 6.45) is -6.01. The van der Waals surface area contributed by atoms with E-state index in [0.717, 1.165) is 27.8 Å². The Hall–Kier alpha value is -4.31. The van der Waals surface area contributed by atoms with E-state index in [9.17, 15) is 28.3 Å². The third kappa shape index (κ3) is 7.01. The Bertz CT molecular complexity index is 1290. The number of ether oxygens (including phenoxy) is 2. The van der Waals surface area contributed by atoms with Gasteiger partial charge < -0.3 is 25.2 Å². The number of nitrogens with one attached hydrogen (secondary N) is 2. The molecule has 2 amide bonds. The number of alkyl carbamates (subject to hydrolysis) is 1. The molecule has 0 aromatic heterocycles. The zero-order valence-corrected chi connectivity index (χ0v) is 21.8. The van der Waals surface area contributed by atoms with Crippen LogP contribution in [-0.2, 0) is 25.7 Å². The van der Waals surface area contributed by atoms with Gasteiger partial charge in [0.1, 0.15) is 12.6 Å². The van der Waals surface area contributed by atoms with Gasteiger partial charge in [0.05, 0.1) is 19.1 Å². The minimum atomic E-state index is -3.10. The highest BCUT2D eigenvalue weighted by Gasteiger charge is 2.32. The Morgan fingerprint density at radius 2 is 1.45 bits per heavy atom. The molecule has 4 rings (SSSR count). The third-order valence-electron chi connectivity index (χ3n) is 6.76. The van der Waals surface area contributed by atoms with Crippen molar-refractivity contribution >= 4 is 18.0 Å². The number of rotatable bonds is 12. The Kier molecular flexibility index (Phi) is 9.44. The van der Waals surface area contributed by atoms with E-state index in [0.29, 0.717) is 0 Å². The smallest absolute Gasteiger partial charge is 0.407 e. The summed E-state index contributed by atoms with van der Waals surface area (Å²) in [5.74, 6) is -2.63. The molecule has 3 atom stereocenters. The van der Waals surface area contributed by atoms with Crippen LogP contribution in [0.25, 0.3) is 11.1 Å². The molecule has 10 heteroatoms. The zero-order chi connectivity index (χ0) is 28.6. The third-order valence-corrected chi connectivity index (χ3v) is 6.76. The lowest BCUT2D eigenvalue weighted by atomic mass is 9.98. The highest BCUT2D eigenvalue weighted by Crippen LogP contribution is 2.44. The number of carboxylic acids is 1. The molecule has 8 nitrogen and oxygen atoms in total. The van der Waals surface area contributed by atoms with Gasteiger partial charge in [0, 0.05) is 5.92 Å². The highest BCUT2D eigenvalue weighted by molar-refractivity contribution is 5.84. The van der Waals surface area contributed by atoms with E-state index in [1.54, 1.807) is 24.3 Å². The predicted octanol–water partition coefficient (Wildman–Crippen LogP) is 4.72. The van der Waals surface area contributed by atoms with Crippen molar-refractivity contribution < 1.29 is 37.7 Å². The molecule has 3 unspecified atom stereocenters. The number of aliphatic carboxylic acids is 1. The minimum absolute atomic E-state index is 0.0840. The number of alkyl halides is 2. The first-order chi connectivity index (χ1) is 19.2. The predicted molar refractivity (Wildman–Crippen MR) is 143 cm³/mol. The van der Waals surface area contributed by atoms with Crippen LogP contribution in [0.2, 0.25) is 0 Å². The number of fused-ring (bicyclic) bond motifs is 3. The van der Waals surface area contributed by atoms with Gasteiger partial charge in [-0.3, -0.25) is 4.79 Å². The number of carboxylic acid groups (broad SMARTS) is 1. The topological polar surface area (TPSA) is 114 Å². The number of halogens is 2. The van der Waals surface area contributed by atoms with Crippen molar-refractivity contribution in [3.05, 3.63) is 95.6 Å². The maximum Gasteiger partial charge on any atom is 0.407 e. The zero-order valence-electron chi connectivity index (χ0n) is 21.8. The van der Waals surface area contributed by atoms with Crippen molar-refractivity contribution in [1.29, 1.82) is 0 Å². The van der Waals surface area contributed by atoms with Crippen molar-refractivity contribution in [3.8, 4) is 11.1 Å². The first-order valence-corrected chi connectivity index (χ1v) is 12.8. The molecule has 0 saturated carbocycles. The van der Waals surface area contributed by atoms with E-state index < -0.39 is 49.0 Å². The molecular formula is C30H30F2N2O6. The molecule has 3 N–H and O–H groups in total. The maximum atomic E-state index is 13.7. The molecule has 3 aromatic carbocycles. The molecule has 210 valence electrons. The SMILES string of the molecule is CC(OCc1ccccc1)C(NC(=O)CC(NC(=O)OCC1c2ccccc2-c2ccccc21)C(F)F)C(=O)O. The Labute approximate surface area is 230 Å². The molecular weight excluding hydrogens is 522 g/mol.